The van der Waals surface area contributed by atoms with E-state index in [0.29, 0.717) is 0 Å². The summed E-state index contributed by atoms with van der Waals surface area (Å²) in [7, 11) is 1.60. The Morgan fingerprint density at radius 1 is 1.33 bits per heavy atom. The summed E-state index contributed by atoms with van der Waals surface area (Å²) in [5.41, 5.74) is 0.496. The summed E-state index contributed by atoms with van der Waals surface area (Å²) in [5, 5.41) is 11.9. The number of carbonyl (C=O) groups excluding carboxylic acids is 1. The van der Waals surface area contributed by atoms with Crippen LogP contribution in [0.2, 0.25) is 0 Å². The Labute approximate surface area is 124 Å². The molecule has 0 unspecified atom stereocenters. The lowest BCUT2D eigenvalue weighted by atomic mass is 9.77. The molecular weight excluding hydrogens is 270 g/mol. The minimum Gasteiger partial charge on any atom is -0.480 e. The van der Waals surface area contributed by atoms with E-state index in [4.69, 9.17) is 4.74 Å². The summed E-state index contributed by atoms with van der Waals surface area (Å²) >= 11 is 0. The number of hydrogen-bond donors (Lipinski definition) is 2. The summed E-state index contributed by atoms with van der Waals surface area (Å²) in [5.74, 6) is -1.29. The molecule has 0 aliphatic heterocycles. The lowest BCUT2D eigenvalue weighted by molar-refractivity contribution is -0.144. The normalized spacial score (nSPS) is 17.6. The topological polar surface area (TPSA) is 75.6 Å². The first kappa shape index (κ1) is 15.5. The number of hydrogen-bond acceptors (Lipinski definition) is 3. The summed E-state index contributed by atoms with van der Waals surface area (Å²) in [4.78, 5) is 23.4. The van der Waals surface area contributed by atoms with Gasteiger partial charge in [-0.2, -0.15) is 0 Å². The third kappa shape index (κ3) is 4.04. The van der Waals surface area contributed by atoms with Gasteiger partial charge in [-0.15, -0.1) is 0 Å². The predicted octanol–water partition coefficient (Wildman–Crippen LogP) is 1.76. The van der Waals surface area contributed by atoms with Crippen LogP contribution in [0.5, 0.6) is 0 Å². The number of carbonyl (C=O) groups is 2. The van der Waals surface area contributed by atoms with Gasteiger partial charge in [0.25, 0.3) is 0 Å². The SMILES string of the molecule is COC1(CC(=O)N[C@@H](Cc2ccccc2)C(=O)O)CCC1. The molecule has 2 N–H and O–H groups in total. The highest BCUT2D eigenvalue weighted by atomic mass is 16.5. The van der Waals surface area contributed by atoms with E-state index in [2.05, 4.69) is 5.32 Å². The number of benzene rings is 1. The van der Waals surface area contributed by atoms with Crippen molar-refractivity contribution in [2.75, 3.05) is 7.11 Å². The Hall–Kier alpha value is -1.88. The number of rotatable bonds is 7. The molecule has 2 rings (SSSR count). The van der Waals surface area contributed by atoms with Crippen LogP contribution in [-0.2, 0) is 20.7 Å². The van der Waals surface area contributed by atoms with Crippen LogP contribution < -0.4 is 5.32 Å². The average molecular weight is 291 g/mol. The van der Waals surface area contributed by atoms with E-state index < -0.39 is 12.0 Å². The lowest BCUT2D eigenvalue weighted by Crippen LogP contribution is -2.48. The molecule has 0 heterocycles. The Balaban J connectivity index is 1.93. The fraction of sp³-hybridized carbons (Fsp3) is 0.500. The highest BCUT2D eigenvalue weighted by Gasteiger charge is 2.39. The smallest absolute Gasteiger partial charge is 0.326 e. The van der Waals surface area contributed by atoms with Crippen LogP contribution in [-0.4, -0.2) is 35.7 Å². The van der Waals surface area contributed by atoms with Crippen LogP contribution in [0.25, 0.3) is 0 Å². The maximum atomic E-state index is 12.1. The van der Waals surface area contributed by atoms with E-state index in [1.165, 1.54) is 0 Å². The van der Waals surface area contributed by atoms with Crippen molar-refractivity contribution in [1.82, 2.24) is 5.32 Å². The van der Waals surface area contributed by atoms with E-state index in [-0.39, 0.29) is 24.3 Å². The van der Waals surface area contributed by atoms with Gasteiger partial charge in [-0.1, -0.05) is 30.3 Å². The van der Waals surface area contributed by atoms with E-state index in [1.54, 1.807) is 7.11 Å². The lowest BCUT2D eigenvalue weighted by Gasteiger charge is -2.40. The van der Waals surface area contributed by atoms with Crippen LogP contribution in [0.15, 0.2) is 30.3 Å². The van der Waals surface area contributed by atoms with E-state index in [9.17, 15) is 14.7 Å². The average Bonchev–Trinajstić information content (AvgIpc) is 2.43. The minimum absolute atomic E-state index is 0.224. The van der Waals surface area contributed by atoms with E-state index in [0.717, 1.165) is 24.8 Å². The summed E-state index contributed by atoms with van der Waals surface area (Å²) in [6.07, 6.45) is 3.26. The highest BCUT2D eigenvalue weighted by Crippen LogP contribution is 2.37. The Bertz CT molecular complexity index is 491. The fourth-order valence-electron chi connectivity index (χ4n) is 2.61. The van der Waals surface area contributed by atoms with Crippen molar-refractivity contribution in [2.45, 2.75) is 43.7 Å². The molecule has 1 fully saturated rings. The van der Waals surface area contributed by atoms with Crippen LogP contribution in [0.4, 0.5) is 0 Å². The first-order valence-electron chi connectivity index (χ1n) is 7.16. The van der Waals surface area contributed by atoms with Crippen LogP contribution in [0.1, 0.15) is 31.2 Å². The Kier molecular flexibility index (Phi) is 4.96. The molecule has 5 nitrogen and oxygen atoms in total. The maximum absolute atomic E-state index is 12.1. The molecule has 5 heteroatoms. The molecule has 0 bridgehead atoms. The van der Waals surface area contributed by atoms with Crippen molar-refractivity contribution >= 4 is 11.9 Å². The second-order valence-electron chi connectivity index (χ2n) is 5.57. The van der Waals surface area contributed by atoms with Crippen LogP contribution in [0, 0.1) is 0 Å². The molecule has 0 spiro atoms. The van der Waals surface area contributed by atoms with Gasteiger partial charge in [0, 0.05) is 13.5 Å². The second-order valence-corrected chi connectivity index (χ2v) is 5.57. The van der Waals surface area contributed by atoms with Crippen molar-refractivity contribution in [3.8, 4) is 0 Å². The third-order valence-corrected chi connectivity index (χ3v) is 4.10. The molecule has 1 aromatic rings. The van der Waals surface area contributed by atoms with Gasteiger partial charge < -0.3 is 15.2 Å². The molecule has 114 valence electrons. The zero-order valence-electron chi connectivity index (χ0n) is 12.2. The number of ether oxygens (including phenoxy) is 1. The van der Waals surface area contributed by atoms with Crippen molar-refractivity contribution < 1.29 is 19.4 Å². The van der Waals surface area contributed by atoms with Gasteiger partial charge in [-0.25, -0.2) is 4.79 Å². The molecule has 1 atom stereocenters. The molecular formula is C16H21NO4. The molecule has 1 aliphatic rings. The Morgan fingerprint density at radius 3 is 2.48 bits per heavy atom. The summed E-state index contributed by atoms with van der Waals surface area (Å²) in [6, 6.07) is 8.37. The number of carboxylic acid groups (broad SMARTS) is 1. The van der Waals surface area contributed by atoms with Crippen LogP contribution in [0.3, 0.4) is 0 Å². The standard InChI is InChI=1S/C16H21NO4/c1-21-16(8-5-9-16)11-14(18)17-13(15(19)20)10-12-6-3-2-4-7-12/h2-4,6-7,13H,5,8-11H2,1H3,(H,17,18)(H,19,20)/t13-/m0/s1. The van der Waals surface area contributed by atoms with E-state index in [1.807, 2.05) is 30.3 Å². The van der Waals surface area contributed by atoms with Gasteiger partial charge in [-0.05, 0) is 24.8 Å². The van der Waals surface area contributed by atoms with Gasteiger partial charge in [0.15, 0.2) is 0 Å². The second kappa shape index (κ2) is 6.72. The molecule has 1 amide bonds. The largest absolute Gasteiger partial charge is 0.480 e. The van der Waals surface area contributed by atoms with Gasteiger partial charge in [0.2, 0.25) is 5.91 Å². The number of aliphatic carboxylic acids is 1. The first-order valence-corrected chi connectivity index (χ1v) is 7.16. The van der Waals surface area contributed by atoms with Gasteiger partial charge in [-0.3, -0.25) is 4.79 Å². The van der Waals surface area contributed by atoms with Gasteiger partial charge >= 0.3 is 5.97 Å². The minimum atomic E-state index is -1.02. The maximum Gasteiger partial charge on any atom is 0.326 e. The molecule has 21 heavy (non-hydrogen) atoms. The monoisotopic (exact) mass is 291 g/mol. The third-order valence-electron chi connectivity index (χ3n) is 4.10. The quantitative estimate of drug-likeness (QED) is 0.802. The van der Waals surface area contributed by atoms with Gasteiger partial charge in [0.05, 0.1) is 12.0 Å². The van der Waals surface area contributed by atoms with Gasteiger partial charge in [0.1, 0.15) is 6.04 Å². The summed E-state index contributed by atoms with van der Waals surface area (Å²) < 4.78 is 5.40. The van der Waals surface area contributed by atoms with Crippen molar-refractivity contribution in [3.05, 3.63) is 35.9 Å². The van der Waals surface area contributed by atoms with Crippen LogP contribution >= 0.6 is 0 Å². The number of methoxy groups -OCH3 is 1. The first-order chi connectivity index (χ1) is 10.0. The molecule has 0 saturated heterocycles. The number of nitrogens with one attached hydrogen (secondary N) is 1. The highest BCUT2D eigenvalue weighted by molar-refractivity contribution is 5.84. The summed E-state index contributed by atoms with van der Waals surface area (Å²) in [6.45, 7) is 0. The fourth-order valence-corrected chi connectivity index (χ4v) is 2.61. The number of carboxylic acids is 1. The zero-order chi connectivity index (χ0) is 15.3. The molecule has 0 aromatic heterocycles. The van der Waals surface area contributed by atoms with Crippen molar-refractivity contribution in [2.24, 2.45) is 0 Å². The molecule has 1 aliphatic carbocycles. The molecule has 1 aromatic carbocycles. The van der Waals surface area contributed by atoms with Crippen molar-refractivity contribution in [1.29, 1.82) is 0 Å². The van der Waals surface area contributed by atoms with Crippen molar-refractivity contribution in [3.63, 3.8) is 0 Å². The predicted molar refractivity (Wildman–Crippen MR) is 77.9 cm³/mol. The zero-order valence-corrected chi connectivity index (χ0v) is 12.2. The molecule has 0 radical (unpaired) electrons. The number of amides is 1. The molecule has 1 saturated carbocycles. The van der Waals surface area contributed by atoms with E-state index >= 15 is 0 Å². The Morgan fingerprint density at radius 2 is 2.00 bits per heavy atom.